The van der Waals surface area contributed by atoms with Gasteiger partial charge in [-0.05, 0) is 24.6 Å². The first-order chi connectivity index (χ1) is 11.6. The molecule has 3 aromatic rings. The van der Waals surface area contributed by atoms with Crippen molar-refractivity contribution in [2.75, 3.05) is 0 Å². The van der Waals surface area contributed by atoms with E-state index in [4.69, 9.17) is 0 Å². The lowest BCUT2D eigenvalue weighted by atomic mass is 10.2. The molecule has 0 bridgehead atoms. The van der Waals surface area contributed by atoms with E-state index in [0.717, 1.165) is 26.7 Å². The summed E-state index contributed by atoms with van der Waals surface area (Å²) in [5.41, 5.74) is 2.81. The van der Waals surface area contributed by atoms with Gasteiger partial charge in [0.2, 0.25) is 5.91 Å². The fraction of sp³-hybridized carbons (Fsp3) is 0.158. The van der Waals surface area contributed by atoms with Crippen LogP contribution in [-0.2, 0) is 17.8 Å². The predicted molar refractivity (Wildman–Crippen MR) is 94.2 cm³/mol. The molecule has 0 radical (unpaired) electrons. The molecule has 3 nitrogen and oxygen atoms in total. The largest absolute Gasteiger partial charge is 0.352 e. The van der Waals surface area contributed by atoms with Gasteiger partial charge in [-0.3, -0.25) is 4.79 Å². The number of hydrogen-bond donors (Lipinski definition) is 1. The zero-order chi connectivity index (χ0) is 16.9. The molecule has 122 valence electrons. The number of aryl methyl sites for hydroxylation is 1. The standard InChI is InChI=1S/C19H17FN2OS/c1-13-17(24-19(22-13)15-5-3-2-4-6-15)11-18(23)21-12-14-7-9-16(20)10-8-14/h2-10H,11-12H2,1H3,(H,21,23). The molecule has 0 aliphatic rings. The first-order valence-electron chi connectivity index (χ1n) is 7.64. The van der Waals surface area contributed by atoms with Gasteiger partial charge in [0.15, 0.2) is 0 Å². The van der Waals surface area contributed by atoms with Crippen molar-refractivity contribution in [2.24, 2.45) is 0 Å². The average Bonchev–Trinajstić information content (AvgIpc) is 2.96. The monoisotopic (exact) mass is 340 g/mol. The van der Waals surface area contributed by atoms with Crippen LogP contribution < -0.4 is 5.32 Å². The van der Waals surface area contributed by atoms with E-state index in [1.165, 1.54) is 12.1 Å². The first-order valence-corrected chi connectivity index (χ1v) is 8.46. The van der Waals surface area contributed by atoms with Crippen LogP contribution in [0.3, 0.4) is 0 Å². The molecule has 1 amide bonds. The number of nitrogens with one attached hydrogen (secondary N) is 1. The number of hydrogen-bond acceptors (Lipinski definition) is 3. The summed E-state index contributed by atoms with van der Waals surface area (Å²) in [6.45, 7) is 2.31. The topological polar surface area (TPSA) is 42.0 Å². The minimum Gasteiger partial charge on any atom is -0.352 e. The average molecular weight is 340 g/mol. The van der Waals surface area contributed by atoms with E-state index in [9.17, 15) is 9.18 Å². The number of nitrogens with zero attached hydrogens (tertiary/aromatic N) is 1. The van der Waals surface area contributed by atoms with Gasteiger partial charge >= 0.3 is 0 Å². The van der Waals surface area contributed by atoms with Crippen molar-refractivity contribution in [3.8, 4) is 10.6 Å². The Hall–Kier alpha value is -2.53. The molecular formula is C19H17FN2OS. The quantitative estimate of drug-likeness (QED) is 0.759. The molecule has 0 atom stereocenters. The maximum absolute atomic E-state index is 12.9. The van der Waals surface area contributed by atoms with Crippen LogP contribution in [0.2, 0.25) is 0 Å². The number of rotatable bonds is 5. The molecule has 0 fully saturated rings. The number of benzene rings is 2. The van der Waals surface area contributed by atoms with Crippen LogP contribution in [-0.4, -0.2) is 10.9 Å². The normalized spacial score (nSPS) is 10.6. The third-order valence-corrected chi connectivity index (χ3v) is 4.84. The van der Waals surface area contributed by atoms with Gasteiger partial charge in [0.25, 0.3) is 0 Å². The number of carbonyl (C=O) groups excluding carboxylic acids is 1. The number of amides is 1. The van der Waals surface area contributed by atoms with Gasteiger partial charge in [-0.2, -0.15) is 0 Å². The Kier molecular flexibility index (Phi) is 5.01. The van der Waals surface area contributed by atoms with Gasteiger partial charge in [0.1, 0.15) is 10.8 Å². The number of halogens is 1. The highest BCUT2D eigenvalue weighted by atomic mass is 32.1. The van der Waals surface area contributed by atoms with Gasteiger partial charge in [0, 0.05) is 17.0 Å². The summed E-state index contributed by atoms with van der Waals surface area (Å²) in [6.07, 6.45) is 0.303. The van der Waals surface area contributed by atoms with E-state index in [-0.39, 0.29) is 11.7 Å². The minimum absolute atomic E-state index is 0.0642. The van der Waals surface area contributed by atoms with Gasteiger partial charge < -0.3 is 5.32 Å². The second-order valence-electron chi connectivity index (χ2n) is 5.47. The van der Waals surface area contributed by atoms with Crippen LogP contribution in [0.4, 0.5) is 4.39 Å². The molecule has 0 saturated heterocycles. The molecule has 0 aliphatic carbocycles. The number of thiazole rings is 1. The van der Waals surface area contributed by atoms with E-state index < -0.39 is 0 Å². The van der Waals surface area contributed by atoms with Crippen LogP contribution in [0.15, 0.2) is 54.6 Å². The van der Waals surface area contributed by atoms with Crippen molar-refractivity contribution in [2.45, 2.75) is 19.9 Å². The van der Waals surface area contributed by atoms with E-state index in [1.54, 1.807) is 23.5 Å². The molecular weight excluding hydrogens is 323 g/mol. The Labute approximate surface area is 144 Å². The van der Waals surface area contributed by atoms with Crippen molar-refractivity contribution in [3.63, 3.8) is 0 Å². The molecule has 0 spiro atoms. The van der Waals surface area contributed by atoms with Crippen molar-refractivity contribution in [3.05, 3.63) is 76.5 Å². The third-order valence-electron chi connectivity index (χ3n) is 3.64. The van der Waals surface area contributed by atoms with E-state index >= 15 is 0 Å². The molecule has 0 saturated carbocycles. The van der Waals surface area contributed by atoms with Gasteiger partial charge in [-0.1, -0.05) is 42.5 Å². The van der Waals surface area contributed by atoms with E-state index in [2.05, 4.69) is 10.3 Å². The van der Waals surface area contributed by atoms with Crippen LogP contribution in [0, 0.1) is 12.7 Å². The zero-order valence-corrected chi connectivity index (χ0v) is 14.1. The third kappa shape index (κ3) is 4.06. The Balaban J connectivity index is 1.62. The van der Waals surface area contributed by atoms with Crippen molar-refractivity contribution in [1.82, 2.24) is 10.3 Å². The van der Waals surface area contributed by atoms with Gasteiger partial charge in [-0.15, -0.1) is 11.3 Å². The molecule has 5 heteroatoms. The summed E-state index contributed by atoms with van der Waals surface area (Å²) in [5, 5.41) is 3.79. The Bertz CT molecular complexity index is 828. The second kappa shape index (κ2) is 7.36. The summed E-state index contributed by atoms with van der Waals surface area (Å²) in [7, 11) is 0. The highest BCUT2D eigenvalue weighted by molar-refractivity contribution is 7.15. The highest BCUT2D eigenvalue weighted by Crippen LogP contribution is 2.27. The lowest BCUT2D eigenvalue weighted by molar-refractivity contribution is -0.120. The number of carbonyl (C=O) groups is 1. The molecule has 24 heavy (non-hydrogen) atoms. The van der Waals surface area contributed by atoms with Gasteiger partial charge in [-0.25, -0.2) is 9.37 Å². The predicted octanol–water partition coefficient (Wildman–Crippen LogP) is 4.12. The van der Waals surface area contributed by atoms with Gasteiger partial charge in [0.05, 0.1) is 12.1 Å². The second-order valence-corrected chi connectivity index (χ2v) is 6.56. The molecule has 1 aromatic heterocycles. The summed E-state index contributed by atoms with van der Waals surface area (Å²) < 4.78 is 12.9. The Morgan fingerprint density at radius 2 is 1.83 bits per heavy atom. The molecule has 1 heterocycles. The minimum atomic E-state index is -0.279. The van der Waals surface area contributed by atoms with Crippen LogP contribution in [0.5, 0.6) is 0 Å². The SMILES string of the molecule is Cc1nc(-c2ccccc2)sc1CC(=O)NCc1ccc(F)cc1. The lowest BCUT2D eigenvalue weighted by Gasteiger charge is -2.04. The van der Waals surface area contributed by atoms with Crippen molar-refractivity contribution in [1.29, 1.82) is 0 Å². The van der Waals surface area contributed by atoms with Crippen LogP contribution in [0.25, 0.3) is 10.6 Å². The molecule has 0 aliphatic heterocycles. The fourth-order valence-corrected chi connectivity index (χ4v) is 3.37. The lowest BCUT2D eigenvalue weighted by Crippen LogP contribution is -2.24. The Morgan fingerprint density at radius 3 is 2.54 bits per heavy atom. The summed E-state index contributed by atoms with van der Waals surface area (Å²) in [6, 6.07) is 16.0. The van der Waals surface area contributed by atoms with Crippen molar-refractivity contribution < 1.29 is 9.18 Å². The summed E-state index contributed by atoms with van der Waals surface area (Å²) in [5.74, 6) is -0.343. The van der Waals surface area contributed by atoms with Crippen LogP contribution in [0.1, 0.15) is 16.1 Å². The van der Waals surface area contributed by atoms with Crippen molar-refractivity contribution >= 4 is 17.2 Å². The van der Waals surface area contributed by atoms with Crippen LogP contribution >= 0.6 is 11.3 Å². The smallest absolute Gasteiger partial charge is 0.225 e. The first kappa shape index (κ1) is 16.3. The Morgan fingerprint density at radius 1 is 1.12 bits per heavy atom. The molecule has 3 rings (SSSR count). The number of aromatic nitrogens is 1. The molecule has 0 unspecified atom stereocenters. The van der Waals surface area contributed by atoms with E-state index in [1.807, 2.05) is 37.3 Å². The highest BCUT2D eigenvalue weighted by Gasteiger charge is 2.12. The maximum Gasteiger partial charge on any atom is 0.225 e. The molecule has 2 aromatic carbocycles. The van der Waals surface area contributed by atoms with E-state index in [0.29, 0.717) is 13.0 Å². The molecule has 1 N–H and O–H groups in total. The zero-order valence-electron chi connectivity index (χ0n) is 13.3. The summed E-state index contributed by atoms with van der Waals surface area (Å²) in [4.78, 5) is 17.7. The maximum atomic E-state index is 12.9. The summed E-state index contributed by atoms with van der Waals surface area (Å²) >= 11 is 1.54. The fourth-order valence-electron chi connectivity index (χ4n) is 2.31.